The van der Waals surface area contributed by atoms with E-state index in [9.17, 15) is 4.79 Å². The second kappa shape index (κ2) is 6.09. The highest BCUT2D eigenvalue weighted by molar-refractivity contribution is 5.72. The minimum atomic E-state index is -1.03. The van der Waals surface area contributed by atoms with E-state index in [1.54, 1.807) is 24.3 Å². The lowest BCUT2D eigenvalue weighted by Crippen LogP contribution is -2.31. The van der Waals surface area contributed by atoms with Crippen LogP contribution in [-0.2, 0) is 11.4 Å². The number of carboxylic acid groups (broad SMARTS) is 1. The molecule has 1 aromatic rings. The zero-order chi connectivity index (χ0) is 12.0. The van der Waals surface area contributed by atoms with Gasteiger partial charge in [0.2, 0.25) is 0 Å². The molecule has 16 heavy (non-hydrogen) atoms. The molecule has 4 N–H and O–H groups in total. The third-order valence-electron chi connectivity index (χ3n) is 2.12. The van der Waals surface area contributed by atoms with Gasteiger partial charge in [0.05, 0.1) is 13.2 Å². The van der Waals surface area contributed by atoms with Crippen LogP contribution in [0.2, 0.25) is 0 Å². The predicted octanol–water partition coefficient (Wildman–Crippen LogP) is 0.360. The van der Waals surface area contributed by atoms with Gasteiger partial charge in [0.1, 0.15) is 11.8 Å². The zero-order valence-electron chi connectivity index (χ0n) is 8.80. The molecular weight excluding hydrogens is 210 g/mol. The molecule has 5 heteroatoms. The van der Waals surface area contributed by atoms with Crippen LogP contribution in [0.15, 0.2) is 24.3 Å². The van der Waals surface area contributed by atoms with Crippen molar-refractivity contribution in [2.24, 2.45) is 5.73 Å². The third-order valence-corrected chi connectivity index (χ3v) is 2.12. The lowest BCUT2D eigenvalue weighted by atomic mass is 10.2. The number of ether oxygens (including phenoxy) is 1. The summed E-state index contributed by atoms with van der Waals surface area (Å²) >= 11 is 0. The van der Waals surface area contributed by atoms with Gasteiger partial charge in [0, 0.05) is 6.42 Å². The Hall–Kier alpha value is -1.59. The van der Waals surface area contributed by atoms with Crippen LogP contribution >= 0.6 is 0 Å². The van der Waals surface area contributed by atoms with Crippen LogP contribution < -0.4 is 10.5 Å². The monoisotopic (exact) mass is 225 g/mol. The van der Waals surface area contributed by atoms with Gasteiger partial charge in [-0.15, -0.1) is 0 Å². The van der Waals surface area contributed by atoms with Gasteiger partial charge in [-0.1, -0.05) is 12.1 Å². The highest BCUT2D eigenvalue weighted by Crippen LogP contribution is 2.12. The van der Waals surface area contributed by atoms with Crippen LogP contribution in [0.1, 0.15) is 12.0 Å². The van der Waals surface area contributed by atoms with E-state index in [1.807, 2.05) is 0 Å². The van der Waals surface area contributed by atoms with Crippen molar-refractivity contribution in [3.05, 3.63) is 29.8 Å². The average Bonchev–Trinajstić information content (AvgIpc) is 2.29. The summed E-state index contributed by atoms with van der Waals surface area (Å²) in [6.45, 7) is 0.246. The van der Waals surface area contributed by atoms with Crippen molar-refractivity contribution < 1.29 is 19.7 Å². The summed E-state index contributed by atoms with van der Waals surface area (Å²) in [7, 11) is 0. The van der Waals surface area contributed by atoms with Crippen molar-refractivity contribution in [3.8, 4) is 5.75 Å². The number of aliphatic hydroxyl groups excluding tert-OH is 1. The van der Waals surface area contributed by atoms with E-state index in [-0.39, 0.29) is 19.6 Å². The van der Waals surface area contributed by atoms with Gasteiger partial charge in [0.25, 0.3) is 0 Å². The Morgan fingerprint density at radius 2 is 2.00 bits per heavy atom. The Morgan fingerprint density at radius 3 is 2.50 bits per heavy atom. The van der Waals surface area contributed by atoms with Crippen LogP contribution in [0.25, 0.3) is 0 Å². The molecule has 1 aromatic carbocycles. The summed E-state index contributed by atoms with van der Waals surface area (Å²) in [5, 5.41) is 17.4. The van der Waals surface area contributed by atoms with Crippen LogP contribution in [0.5, 0.6) is 5.75 Å². The minimum Gasteiger partial charge on any atom is -0.494 e. The van der Waals surface area contributed by atoms with Crippen LogP contribution in [0, 0.1) is 0 Å². The number of carboxylic acids is 1. The van der Waals surface area contributed by atoms with E-state index < -0.39 is 12.0 Å². The molecule has 0 aliphatic rings. The van der Waals surface area contributed by atoms with Crippen molar-refractivity contribution in [3.63, 3.8) is 0 Å². The molecule has 1 rings (SSSR count). The normalized spacial score (nSPS) is 12.1. The second-order valence-corrected chi connectivity index (χ2v) is 3.38. The molecule has 1 unspecified atom stereocenters. The Kier molecular flexibility index (Phi) is 4.75. The van der Waals surface area contributed by atoms with E-state index >= 15 is 0 Å². The van der Waals surface area contributed by atoms with Gasteiger partial charge in [-0.2, -0.15) is 0 Å². The van der Waals surface area contributed by atoms with E-state index in [1.165, 1.54) is 0 Å². The summed E-state index contributed by atoms with van der Waals surface area (Å²) in [4.78, 5) is 10.4. The largest absolute Gasteiger partial charge is 0.494 e. The Balaban J connectivity index is 2.34. The van der Waals surface area contributed by atoms with Crippen LogP contribution in [-0.4, -0.2) is 28.8 Å². The molecule has 0 amide bonds. The van der Waals surface area contributed by atoms with Gasteiger partial charge in [0.15, 0.2) is 0 Å². The number of carbonyl (C=O) groups is 1. The fraction of sp³-hybridized carbons (Fsp3) is 0.364. The minimum absolute atomic E-state index is 0.00975. The highest BCUT2D eigenvalue weighted by Gasteiger charge is 2.10. The second-order valence-electron chi connectivity index (χ2n) is 3.38. The van der Waals surface area contributed by atoms with E-state index in [4.69, 9.17) is 20.7 Å². The summed E-state index contributed by atoms with van der Waals surface area (Å²) in [6, 6.07) is 6.03. The Morgan fingerprint density at radius 1 is 1.38 bits per heavy atom. The third kappa shape index (κ3) is 3.88. The lowest BCUT2D eigenvalue weighted by Gasteiger charge is -2.08. The summed E-state index contributed by atoms with van der Waals surface area (Å²) in [5.41, 5.74) is 6.11. The quantitative estimate of drug-likeness (QED) is 0.650. The molecular formula is C11H15NO4. The number of aliphatic hydroxyl groups is 1. The van der Waals surface area contributed by atoms with Crippen LogP contribution in [0.3, 0.4) is 0 Å². The van der Waals surface area contributed by atoms with Gasteiger partial charge < -0.3 is 20.7 Å². The van der Waals surface area contributed by atoms with Crippen molar-refractivity contribution in [1.82, 2.24) is 0 Å². The van der Waals surface area contributed by atoms with Crippen molar-refractivity contribution >= 4 is 5.97 Å². The highest BCUT2D eigenvalue weighted by atomic mass is 16.5. The molecule has 0 heterocycles. The predicted molar refractivity (Wildman–Crippen MR) is 58.1 cm³/mol. The maximum absolute atomic E-state index is 10.4. The molecule has 5 nitrogen and oxygen atoms in total. The molecule has 0 bridgehead atoms. The number of nitrogens with two attached hydrogens (primary N) is 1. The van der Waals surface area contributed by atoms with Crippen molar-refractivity contribution in [1.29, 1.82) is 0 Å². The maximum atomic E-state index is 10.4. The fourth-order valence-corrected chi connectivity index (χ4v) is 1.12. The van der Waals surface area contributed by atoms with Gasteiger partial charge in [-0.25, -0.2) is 0 Å². The molecule has 0 saturated carbocycles. The molecule has 0 radical (unpaired) electrons. The molecule has 0 saturated heterocycles. The molecule has 0 spiro atoms. The number of rotatable bonds is 6. The van der Waals surface area contributed by atoms with Gasteiger partial charge in [-0.3, -0.25) is 4.79 Å². The topological polar surface area (TPSA) is 92.8 Å². The maximum Gasteiger partial charge on any atom is 0.320 e. The first-order valence-corrected chi connectivity index (χ1v) is 4.94. The number of hydrogen-bond donors (Lipinski definition) is 3. The van der Waals surface area contributed by atoms with E-state index in [0.29, 0.717) is 5.75 Å². The van der Waals surface area contributed by atoms with E-state index in [0.717, 1.165) is 5.56 Å². The van der Waals surface area contributed by atoms with E-state index in [2.05, 4.69) is 0 Å². The summed E-state index contributed by atoms with van der Waals surface area (Å²) in [5.74, 6) is -0.394. The molecule has 0 fully saturated rings. The number of benzene rings is 1. The molecule has 1 atom stereocenters. The number of hydrogen-bond acceptors (Lipinski definition) is 4. The average molecular weight is 225 g/mol. The summed E-state index contributed by atoms with van der Waals surface area (Å²) < 4.78 is 5.30. The molecule has 0 aliphatic carbocycles. The fourth-order valence-electron chi connectivity index (χ4n) is 1.12. The first-order chi connectivity index (χ1) is 7.63. The summed E-state index contributed by atoms with van der Waals surface area (Å²) in [6.07, 6.45) is 0.261. The van der Waals surface area contributed by atoms with Crippen molar-refractivity contribution in [2.75, 3.05) is 6.61 Å². The lowest BCUT2D eigenvalue weighted by molar-refractivity contribution is -0.138. The standard InChI is InChI=1S/C11H15NO4/c12-10(11(14)15)5-6-16-9-3-1-8(7-13)2-4-9/h1-4,10,13H,5-7,12H2,(H,14,15). The van der Waals surface area contributed by atoms with Gasteiger partial charge in [-0.05, 0) is 17.7 Å². The van der Waals surface area contributed by atoms with Crippen molar-refractivity contribution in [2.45, 2.75) is 19.1 Å². The molecule has 0 aliphatic heterocycles. The number of aliphatic carboxylic acids is 1. The first kappa shape index (κ1) is 12.5. The Labute approximate surface area is 93.5 Å². The zero-order valence-corrected chi connectivity index (χ0v) is 8.80. The Bertz CT molecular complexity index is 336. The smallest absolute Gasteiger partial charge is 0.320 e. The molecule has 0 aromatic heterocycles. The first-order valence-electron chi connectivity index (χ1n) is 4.94. The van der Waals surface area contributed by atoms with Gasteiger partial charge >= 0.3 is 5.97 Å². The van der Waals surface area contributed by atoms with Crippen LogP contribution in [0.4, 0.5) is 0 Å². The molecule has 88 valence electrons. The SMILES string of the molecule is NC(CCOc1ccc(CO)cc1)C(=O)O.